The maximum Gasteiger partial charge on any atom is 0.216 e. The predicted molar refractivity (Wildman–Crippen MR) is 69.8 cm³/mol. The van der Waals surface area contributed by atoms with Crippen molar-refractivity contribution in [3.05, 3.63) is 42.1 Å². The summed E-state index contributed by atoms with van der Waals surface area (Å²) in [6.07, 6.45) is 6.64. The Morgan fingerprint density at radius 1 is 1.20 bits per heavy atom. The molecule has 1 saturated carbocycles. The number of nitrogens with zero attached hydrogens (tertiary/aromatic N) is 4. The molecule has 0 bridgehead atoms. The molecular weight excluding hydrogens is 259 g/mol. The quantitative estimate of drug-likeness (QED) is 0.777. The highest BCUT2D eigenvalue weighted by Crippen LogP contribution is 2.42. The van der Waals surface area contributed by atoms with E-state index in [1.54, 1.807) is 6.20 Å². The van der Waals surface area contributed by atoms with Gasteiger partial charge < -0.3 is 5.11 Å². The molecule has 3 heterocycles. The zero-order valence-corrected chi connectivity index (χ0v) is 10.5. The highest BCUT2D eigenvalue weighted by Gasteiger charge is 2.28. The minimum atomic E-state index is -0.431. The molecule has 100 valence electrons. The van der Waals surface area contributed by atoms with Crippen molar-refractivity contribution in [1.29, 1.82) is 0 Å². The Morgan fingerprint density at radius 2 is 2.05 bits per heavy atom. The number of hydrogen-bond acceptors (Lipinski definition) is 4. The molecule has 0 amide bonds. The van der Waals surface area contributed by atoms with Crippen molar-refractivity contribution >= 4 is 5.65 Å². The largest absolute Gasteiger partial charge is 0.493 e. The molecule has 1 aliphatic rings. The molecule has 5 nitrogen and oxygen atoms in total. The molecule has 0 saturated heterocycles. The van der Waals surface area contributed by atoms with Crippen molar-refractivity contribution in [2.75, 3.05) is 0 Å². The Hall–Kier alpha value is -2.50. The van der Waals surface area contributed by atoms with E-state index in [1.165, 1.54) is 22.8 Å². The summed E-state index contributed by atoms with van der Waals surface area (Å²) in [5, 5.41) is 14.2. The number of hydrogen-bond donors (Lipinski definition) is 1. The number of rotatable bonds is 2. The van der Waals surface area contributed by atoms with E-state index in [9.17, 15) is 9.50 Å². The maximum absolute atomic E-state index is 13.3. The molecule has 4 rings (SSSR count). The van der Waals surface area contributed by atoms with Crippen molar-refractivity contribution in [3.8, 4) is 17.1 Å². The third-order valence-electron chi connectivity index (χ3n) is 3.50. The summed E-state index contributed by atoms with van der Waals surface area (Å²) in [7, 11) is 0. The number of halogens is 1. The summed E-state index contributed by atoms with van der Waals surface area (Å²) >= 11 is 0. The van der Waals surface area contributed by atoms with Crippen LogP contribution in [0.3, 0.4) is 0 Å². The van der Waals surface area contributed by atoms with Crippen LogP contribution in [0.4, 0.5) is 4.39 Å². The van der Waals surface area contributed by atoms with Crippen molar-refractivity contribution in [2.45, 2.75) is 18.8 Å². The van der Waals surface area contributed by atoms with Crippen molar-refractivity contribution in [2.24, 2.45) is 0 Å². The second kappa shape index (κ2) is 4.00. The summed E-state index contributed by atoms with van der Waals surface area (Å²) < 4.78 is 14.7. The van der Waals surface area contributed by atoms with Crippen LogP contribution in [0.2, 0.25) is 0 Å². The molecule has 1 fully saturated rings. The summed E-state index contributed by atoms with van der Waals surface area (Å²) in [6, 6.07) is 2.81. The van der Waals surface area contributed by atoms with E-state index in [1.807, 2.05) is 0 Å². The van der Waals surface area contributed by atoms with E-state index in [4.69, 9.17) is 0 Å². The third kappa shape index (κ3) is 1.72. The van der Waals surface area contributed by atoms with E-state index < -0.39 is 5.82 Å². The Bertz CT molecular complexity index is 810. The SMILES string of the molecule is Oc1cc(-c2cncc(F)c2)nc2c(C3CC3)cnn12. The molecule has 0 aromatic carbocycles. The van der Waals surface area contributed by atoms with Gasteiger partial charge >= 0.3 is 0 Å². The van der Waals surface area contributed by atoms with Crippen LogP contribution >= 0.6 is 0 Å². The zero-order valence-electron chi connectivity index (χ0n) is 10.5. The smallest absolute Gasteiger partial charge is 0.216 e. The lowest BCUT2D eigenvalue weighted by atomic mass is 10.2. The van der Waals surface area contributed by atoms with Crippen LogP contribution in [0.5, 0.6) is 5.88 Å². The van der Waals surface area contributed by atoms with E-state index in [0.717, 1.165) is 24.6 Å². The summed E-state index contributed by atoms with van der Waals surface area (Å²) in [5.41, 5.74) is 2.69. The zero-order chi connectivity index (χ0) is 13.7. The Labute approximate surface area is 113 Å². The van der Waals surface area contributed by atoms with Crippen LogP contribution in [0.15, 0.2) is 30.7 Å². The first-order valence-corrected chi connectivity index (χ1v) is 6.41. The first kappa shape index (κ1) is 11.3. The summed E-state index contributed by atoms with van der Waals surface area (Å²) in [4.78, 5) is 8.31. The van der Waals surface area contributed by atoms with Crippen LogP contribution in [-0.4, -0.2) is 24.7 Å². The Kier molecular flexibility index (Phi) is 2.26. The first-order chi connectivity index (χ1) is 9.72. The number of aromatic hydroxyl groups is 1. The van der Waals surface area contributed by atoms with Crippen molar-refractivity contribution < 1.29 is 9.50 Å². The van der Waals surface area contributed by atoms with Gasteiger partial charge in [0.15, 0.2) is 5.65 Å². The molecule has 6 heteroatoms. The molecule has 3 aromatic heterocycles. The van der Waals surface area contributed by atoms with E-state index >= 15 is 0 Å². The minimum Gasteiger partial charge on any atom is -0.493 e. The lowest BCUT2D eigenvalue weighted by Gasteiger charge is -2.04. The maximum atomic E-state index is 13.3. The van der Waals surface area contributed by atoms with E-state index in [0.29, 0.717) is 22.8 Å². The second-order valence-electron chi connectivity index (χ2n) is 5.00. The first-order valence-electron chi connectivity index (χ1n) is 6.41. The molecule has 0 radical (unpaired) electrons. The van der Waals surface area contributed by atoms with Gasteiger partial charge in [-0.15, -0.1) is 0 Å². The Morgan fingerprint density at radius 3 is 2.80 bits per heavy atom. The molecule has 1 N–H and O–H groups in total. The van der Waals surface area contributed by atoms with Gasteiger partial charge in [-0.2, -0.15) is 9.61 Å². The number of aromatic nitrogens is 4. The third-order valence-corrected chi connectivity index (χ3v) is 3.50. The van der Waals surface area contributed by atoms with Crippen molar-refractivity contribution in [3.63, 3.8) is 0 Å². The monoisotopic (exact) mass is 270 g/mol. The second-order valence-corrected chi connectivity index (χ2v) is 5.00. The molecule has 0 atom stereocenters. The molecule has 0 aliphatic heterocycles. The highest BCUT2D eigenvalue weighted by molar-refractivity contribution is 5.64. The van der Waals surface area contributed by atoms with Crippen LogP contribution in [0.1, 0.15) is 24.3 Å². The molecule has 3 aromatic rings. The highest BCUT2D eigenvalue weighted by atomic mass is 19.1. The van der Waals surface area contributed by atoms with Gasteiger partial charge in [-0.1, -0.05) is 0 Å². The van der Waals surface area contributed by atoms with Crippen LogP contribution in [-0.2, 0) is 0 Å². The fourth-order valence-corrected chi connectivity index (χ4v) is 2.35. The van der Waals surface area contributed by atoms with Crippen molar-refractivity contribution in [1.82, 2.24) is 19.6 Å². The number of pyridine rings is 1. The predicted octanol–water partition coefficient (Wildman–Crippen LogP) is 2.51. The fourth-order valence-electron chi connectivity index (χ4n) is 2.35. The molecule has 20 heavy (non-hydrogen) atoms. The summed E-state index contributed by atoms with van der Waals surface area (Å²) in [6.45, 7) is 0. The van der Waals surface area contributed by atoms with Gasteiger partial charge in [-0.3, -0.25) is 4.98 Å². The van der Waals surface area contributed by atoms with Gasteiger partial charge in [-0.25, -0.2) is 9.37 Å². The number of fused-ring (bicyclic) bond motifs is 1. The van der Waals surface area contributed by atoms with Gasteiger partial charge in [0.05, 0.1) is 18.1 Å². The fraction of sp³-hybridized carbons (Fsp3) is 0.214. The van der Waals surface area contributed by atoms with Gasteiger partial charge in [0, 0.05) is 23.4 Å². The molecule has 1 aliphatic carbocycles. The average Bonchev–Trinajstić information content (AvgIpc) is 3.18. The van der Waals surface area contributed by atoms with Crippen LogP contribution in [0.25, 0.3) is 16.9 Å². The lowest BCUT2D eigenvalue weighted by molar-refractivity contribution is 0.435. The summed E-state index contributed by atoms with van der Waals surface area (Å²) in [5.74, 6) is 0.0287. The molecule has 0 unspecified atom stereocenters. The molecule has 0 spiro atoms. The van der Waals surface area contributed by atoms with Crippen LogP contribution < -0.4 is 0 Å². The molecular formula is C14H11FN4O. The van der Waals surface area contributed by atoms with Gasteiger partial charge in [0.1, 0.15) is 5.82 Å². The van der Waals surface area contributed by atoms with E-state index in [2.05, 4.69) is 15.1 Å². The van der Waals surface area contributed by atoms with Crippen LogP contribution in [0, 0.1) is 5.82 Å². The van der Waals surface area contributed by atoms with Gasteiger partial charge in [0.25, 0.3) is 0 Å². The average molecular weight is 270 g/mol. The van der Waals surface area contributed by atoms with Gasteiger partial charge in [0.2, 0.25) is 5.88 Å². The standard InChI is InChI=1S/C14H11FN4O/c15-10-3-9(5-16-6-10)12-4-13(20)19-14(18-12)11(7-17-19)8-1-2-8/h3-8,20H,1-2H2. The Balaban J connectivity index is 1.94. The normalized spacial score (nSPS) is 14.8. The van der Waals surface area contributed by atoms with Gasteiger partial charge in [-0.05, 0) is 24.8 Å². The van der Waals surface area contributed by atoms with E-state index in [-0.39, 0.29) is 5.88 Å². The lowest BCUT2D eigenvalue weighted by Crippen LogP contribution is -1.95. The minimum absolute atomic E-state index is 0.0128. The topological polar surface area (TPSA) is 63.3 Å².